The normalized spacial score (nSPS) is 22.1. The van der Waals surface area contributed by atoms with Gasteiger partial charge in [0.05, 0.1) is 5.56 Å². The molecule has 1 unspecified atom stereocenters. The molecular formula is C17H24N2O2. The lowest BCUT2D eigenvalue weighted by Gasteiger charge is -2.24. The van der Waals surface area contributed by atoms with E-state index in [0.717, 1.165) is 42.9 Å². The van der Waals surface area contributed by atoms with E-state index in [2.05, 4.69) is 17.0 Å². The summed E-state index contributed by atoms with van der Waals surface area (Å²) in [5.41, 5.74) is 3.03. The molecule has 1 aromatic carbocycles. The van der Waals surface area contributed by atoms with E-state index in [1.165, 1.54) is 12.8 Å². The minimum Gasteiger partial charge on any atom is -0.396 e. The van der Waals surface area contributed by atoms with Gasteiger partial charge in [0.1, 0.15) is 0 Å². The monoisotopic (exact) mass is 288 g/mol. The summed E-state index contributed by atoms with van der Waals surface area (Å²) >= 11 is 0. The molecule has 0 aliphatic carbocycles. The Hall–Kier alpha value is -1.55. The predicted octanol–water partition coefficient (Wildman–Crippen LogP) is 2.05. The van der Waals surface area contributed by atoms with Crippen molar-refractivity contribution in [2.24, 2.45) is 5.92 Å². The maximum atomic E-state index is 12.9. The van der Waals surface area contributed by atoms with Gasteiger partial charge in [0, 0.05) is 44.4 Å². The Morgan fingerprint density at radius 1 is 1.29 bits per heavy atom. The van der Waals surface area contributed by atoms with E-state index in [0.29, 0.717) is 6.54 Å². The van der Waals surface area contributed by atoms with E-state index < -0.39 is 0 Å². The number of hydrogen-bond acceptors (Lipinski definition) is 3. The first-order valence-electron chi connectivity index (χ1n) is 7.95. The highest BCUT2D eigenvalue weighted by Gasteiger charge is 2.29. The highest BCUT2D eigenvalue weighted by atomic mass is 16.3. The summed E-state index contributed by atoms with van der Waals surface area (Å²) in [4.78, 5) is 17.1. The van der Waals surface area contributed by atoms with Crippen molar-refractivity contribution in [2.75, 3.05) is 37.7 Å². The summed E-state index contributed by atoms with van der Waals surface area (Å²) in [5, 5.41) is 9.26. The maximum Gasteiger partial charge on any atom is 0.255 e. The number of carbonyl (C=O) groups excluding carboxylic acids is 1. The standard InChI is InChI=1S/C17H24N2O2/c1-13-4-5-16(18-7-2-3-8-18)15(10-13)17(21)19-9-6-14(11-19)12-20/h4-5,10,14,20H,2-3,6-9,11-12H2,1H3. The predicted molar refractivity (Wildman–Crippen MR) is 83.7 cm³/mol. The van der Waals surface area contributed by atoms with E-state index in [4.69, 9.17) is 0 Å². The number of hydrogen-bond donors (Lipinski definition) is 1. The van der Waals surface area contributed by atoms with Crippen LogP contribution in [0.5, 0.6) is 0 Å². The van der Waals surface area contributed by atoms with Crippen LogP contribution in [0, 0.1) is 12.8 Å². The Morgan fingerprint density at radius 2 is 2.05 bits per heavy atom. The molecule has 2 fully saturated rings. The van der Waals surface area contributed by atoms with Crippen molar-refractivity contribution in [1.82, 2.24) is 4.90 Å². The zero-order valence-corrected chi connectivity index (χ0v) is 12.7. The van der Waals surface area contributed by atoms with Gasteiger partial charge in [-0.1, -0.05) is 11.6 Å². The number of amides is 1. The van der Waals surface area contributed by atoms with Crippen molar-refractivity contribution in [3.05, 3.63) is 29.3 Å². The number of likely N-dealkylation sites (tertiary alicyclic amines) is 1. The molecule has 2 aliphatic heterocycles. The smallest absolute Gasteiger partial charge is 0.255 e. The Balaban J connectivity index is 1.86. The molecule has 2 saturated heterocycles. The van der Waals surface area contributed by atoms with Gasteiger partial charge in [0.2, 0.25) is 0 Å². The molecule has 0 spiro atoms. The first kappa shape index (κ1) is 14.4. The molecule has 3 rings (SSSR count). The fourth-order valence-electron chi connectivity index (χ4n) is 3.39. The molecule has 4 nitrogen and oxygen atoms in total. The third kappa shape index (κ3) is 2.91. The topological polar surface area (TPSA) is 43.8 Å². The van der Waals surface area contributed by atoms with E-state index in [1.54, 1.807) is 0 Å². The van der Waals surface area contributed by atoms with Crippen molar-refractivity contribution in [3.63, 3.8) is 0 Å². The third-order valence-electron chi connectivity index (χ3n) is 4.66. The van der Waals surface area contributed by atoms with Gasteiger partial charge in [-0.2, -0.15) is 0 Å². The first-order valence-corrected chi connectivity index (χ1v) is 7.95. The van der Waals surface area contributed by atoms with Crippen LogP contribution >= 0.6 is 0 Å². The van der Waals surface area contributed by atoms with Crippen molar-refractivity contribution < 1.29 is 9.90 Å². The fourth-order valence-corrected chi connectivity index (χ4v) is 3.39. The molecule has 1 N–H and O–H groups in total. The van der Waals surface area contributed by atoms with Gasteiger partial charge < -0.3 is 14.9 Å². The van der Waals surface area contributed by atoms with Crippen molar-refractivity contribution in [3.8, 4) is 0 Å². The summed E-state index contributed by atoms with van der Waals surface area (Å²) in [5.74, 6) is 0.366. The summed E-state index contributed by atoms with van der Waals surface area (Å²) in [6, 6.07) is 6.20. The van der Waals surface area contributed by atoms with Crippen LogP contribution in [0.25, 0.3) is 0 Å². The van der Waals surface area contributed by atoms with Crippen LogP contribution in [0.1, 0.15) is 35.2 Å². The molecule has 1 aromatic rings. The van der Waals surface area contributed by atoms with Crippen LogP contribution in [-0.2, 0) is 0 Å². The summed E-state index contributed by atoms with van der Waals surface area (Å²) < 4.78 is 0. The van der Waals surface area contributed by atoms with Gasteiger partial charge in [-0.3, -0.25) is 4.79 Å². The van der Waals surface area contributed by atoms with Gasteiger partial charge in [-0.25, -0.2) is 0 Å². The number of anilines is 1. The van der Waals surface area contributed by atoms with Crippen molar-refractivity contribution in [1.29, 1.82) is 0 Å². The second-order valence-electron chi connectivity index (χ2n) is 6.30. The number of aliphatic hydroxyl groups is 1. The largest absolute Gasteiger partial charge is 0.396 e. The number of aryl methyl sites for hydroxylation is 1. The molecule has 0 aromatic heterocycles. The fraction of sp³-hybridized carbons (Fsp3) is 0.588. The van der Waals surface area contributed by atoms with Crippen molar-refractivity contribution in [2.45, 2.75) is 26.2 Å². The molecular weight excluding hydrogens is 264 g/mol. The van der Waals surface area contributed by atoms with Gasteiger partial charge in [0.15, 0.2) is 0 Å². The summed E-state index contributed by atoms with van der Waals surface area (Å²) in [6.45, 7) is 5.74. The lowest BCUT2D eigenvalue weighted by Crippen LogP contribution is -2.31. The molecule has 2 aliphatic rings. The van der Waals surface area contributed by atoms with E-state index in [1.807, 2.05) is 17.9 Å². The zero-order valence-electron chi connectivity index (χ0n) is 12.7. The molecule has 0 radical (unpaired) electrons. The number of nitrogens with zero attached hydrogens (tertiary/aromatic N) is 2. The molecule has 2 heterocycles. The minimum atomic E-state index is 0.122. The molecule has 1 amide bonds. The lowest BCUT2D eigenvalue weighted by molar-refractivity contribution is 0.0782. The summed E-state index contributed by atoms with van der Waals surface area (Å²) in [7, 11) is 0. The molecule has 21 heavy (non-hydrogen) atoms. The highest BCUT2D eigenvalue weighted by Crippen LogP contribution is 2.28. The van der Waals surface area contributed by atoms with Crippen LogP contribution in [0.2, 0.25) is 0 Å². The van der Waals surface area contributed by atoms with Gasteiger partial charge >= 0.3 is 0 Å². The Labute approximate surface area is 126 Å². The number of aliphatic hydroxyl groups excluding tert-OH is 1. The Bertz CT molecular complexity index is 524. The van der Waals surface area contributed by atoms with E-state index >= 15 is 0 Å². The second-order valence-corrected chi connectivity index (χ2v) is 6.30. The number of rotatable bonds is 3. The van der Waals surface area contributed by atoms with Crippen LogP contribution in [0.15, 0.2) is 18.2 Å². The van der Waals surface area contributed by atoms with Crippen LogP contribution in [0.4, 0.5) is 5.69 Å². The van der Waals surface area contributed by atoms with Gasteiger partial charge in [0.25, 0.3) is 5.91 Å². The third-order valence-corrected chi connectivity index (χ3v) is 4.66. The second kappa shape index (κ2) is 6.06. The van der Waals surface area contributed by atoms with Crippen LogP contribution in [-0.4, -0.2) is 48.7 Å². The SMILES string of the molecule is Cc1ccc(N2CCCC2)c(C(=O)N2CCC(CO)C2)c1. The highest BCUT2D eigenvalue weighted by molar-refractivity contribution is 6.00. The van der Waals surface area contributed by atoms with E-state index in [9.17, 15) is 9.90 Å². The Morgan fingerprint density at radius 3 is 2.71 bits per heavy atom. The molecule has 0 saturated carbocycles. The molecule has 1 atom stereocenters. The first-order chi connectivity index (χ1) is 10.2. The number of benzene rings is 1. The van der Waals surface area contributed by atoms with Crippen molar-refractivity contribution >= 4 is 11.6 Å². The average Bonchev–Trinajstić information content (AvgIpc) is 3.17. The van der Waals surface area contributed by atoms with Gasteiger partial charge in [-0.05, 0) is 38.3 Å². The average molecular weight is 288 g/mol. The Kier molecular flexibility index (Phi) is 4.15. The number of carbonyl (C=O) groups is 1. The molecule has 4 heteroatoms. The van der Waals surface area contributed by atoms with Crippen LogP contribution in [0.3, 0.4) is 0 Å². The maximum absolute atomic E-state index is 12.9. The lowest BCUT2D eigenvalue weighted by atomic mass is 10.1. The summed E-state index contributed by atoms with van der Waals surface area (Å²) in [6.07, 6.45) is 3.32. The minimum absolute atomic E-state index is 0.122. The molecule has 114 valence electrons. The van der Waals surface area contributed by atoms with Crippen LogP contribution < -0.4 is 4.90 Å². The van der Waals surface area contributed by atoms with E-state index in [-0.39, 0.29) is 18.4 Å². The molecule has 0 bridgehead atoms. The quantitative estimate of drug-likeness (QED) is 0.926. The van der Waals surface area contributed by atoms with Gasteiger partial charge in [-0.15, -0.1) is 0 Å². The zero-order chi connectivity index (χ0) is 14.8.